The quantitative estimate of drug-likeness (QED) is 0.774. The molecule has 0 heterocycles. The summed E-state index contributed by atoms with van der Waals surface area (Å²) in [7, 11) is 3.92. The molecule has 3 rings (SSSR count). The number of carbonyl (C=O) groups excluding carboxylic acids is 1. The van der Waals surface area contributed by atoms with Crippen molar-refractivity contribution in [3.8, 4) is 11.8 Å². The zero-order chi connectivity index (χ0) is 20.1. The molecular weight excluding hydrogens is 372 g/mol. The number of hydrogen-bond donors (Lipinski definition) is 2. The highest BCUT2D eigenvalue weighted by Crippen LogP contribution is 2.28. The van der Waals surface area contributed by atoms with Gasteiger partial charge in [0.2, 0.25) is 0 Å². The van der Waals surface area contributed by atoms with E-state index in [1.807, 2.05) is 55.4 Å². The minimum absolute atomic E-state index is 0.103. The average molecular weight is 397 g/mol. The smallest absolute Gasteiger partial charge is 0.251 e. The monoisotopic (exact) mass is 396 g/mol. The Hall–Kier alpha value is -2.48. The molecule has 146 valence electrons. The van der Waals surface area contributed by atoms with Gasteiger partial charge in [0.25, 0.3) is 5.91 Å². The van der Waals surface area contributed by atoms with Gasteiger partial charge in [0.15, 0.2) is 0 Å². The van der Waals surface area contributed by atoms with Crippen molar-refractivity contribution in [2.75, 3.05) is 19.0 Å². The van der Waals surface area contributed by atoms with Crippen molar-refractivity contribution >= 4 is 23.2 Å². The van der Waals surface area contributed by atoms with Crippen LogP contribution >= 0.6 is 11.6 Å². The Balaban J connectivity index is 1.65. The maximum absolute atomic E-state index is 12.6. The number of halogens is 1. The van der Waals surface area contributed by atoms with Gasteiger partial charge in [-0.1, -0.05) is 29.5 Å². The van der Waals surface area contributed by atoms with Gasteiger partial charge in [0, 0.05) is 48.4 Å². The summed E-state index contributed by atoms with van der Waals surface area (Å²) in [5.74, 6) is 5.89. The fourth-order valence-corrected chi connectivity index (χ4v) is 3.61. The first kappa shape index (κ1) is 20.3. The minimum atomic E-state index is -1.10. The van der Waals surface area contributed by atoms with Gasteiger partial charge < -0.3 is 15.3 Å². The largest absolute Gasteiger partial charge is 0.378 e. The molecule has 0 radical (unpaired) electrons. The predicted molar refractivity (Wildman–Crippen MR) is 114 cm³/mol. The van der Waals surface area contributed by atoms with Crippen LogP contribution in [0.4, 0.5) is 5.69 Å². The first-order valence-electron chi connectivity index (χ1n) is 9.44. The first-order chi connectivity index (χ1) is 13.3. The number of amides is 1. The van der Waals surface area contributed by atoms with E-state index < -0.39 is 5.60 Å². The van der Waals surface area contributed by atoms with Gasteiger partial charge in [-0.3, -0.25) is 4.79 Å². The molecule has 2 atom stereocenters. The molecule has 5 heteroatoms. The third kappa shape index (κ3) is 5.28. The summed E-state index contributed by atoms with van der Waals surface area (Å²) in [6.07, 6.45) is 2.67. The van der Waals surface area contributed by atoms with Crippen LogP contribution in [0.5, 0.6) is 0 Å². The summed E-state index contributed by atoms with van der Waals surface area (Å²) in [5.41, 5.74) is 1.32. The second-order valence-corrected chi connectivity index (χ2v) is 7.94. The van der Waals surface area contributed by atoms with Gasteiger partial charge in [-0.2, -0.15) is 0 Å². The highest BCUT2D eigenvalue weighted by Gasteiger charge is 2.33. The van der Waals surface area contributed by atoms with E-state index >= 15 is 0 Å². The Kier molecular flexibility index (Phi) is 6.28. The average Bonchev–Trinajstić information content (AvgIpc) is 2.67. The molecule has 0 unspecified atom stereocenters. The fraction of sp³-hybridized carbons (Fsp3) is 0.348. The van der Waals surface area contributed by atoms with Gasteiger partial charge >= 0.3 is 0 Å². The zero-order valence-corrected chi connectivity index (χ0v) is 17.0. The molecule has 1 aliphatic carbocycles. The van der Waals surface area contributed by atoms with E-state index in [2.05, 4.69) is 17.2 Å². The van der Waals surface area contributed by atoms with E-state index in [-0.39, 0.29) is 11.9 Å². The number of anilines is 1. The van der Waals surface area contributed by atoms with Crippen LogP contribution in [0, 0.1) is 11.8 Å². The number of aliphatic hydroxyl groups is 1. The standard InChI is InChI=1S/C23H25ClN2O2/c1-26(2)21-10-8-18(9-11-21)22(27)25-20-7-4-13-23(28,16-20)14-12-17-5-3-6-19(24)15-17/h3,5-6,8-11,15,20,28H,4,7,13,16H2,1-2H3,(H,25,27)/t20-,23+/m0/s1. The molecule has 2 aromatic rings. The Morgan fingerprint density at radius 1 is 1.25 bits per heavy atom. The molecule has 0 spiro atoms. The van der Waals surface area contributed by atoms with Gasteiger partial charge in [0.05, 0.1) is 0 Å². The Bertz CT molecular complexity index is 899. The summed E-state index contributed by atoms with van der Waals surface area (Å²) in [4.78, 5) is 14.6. The van der Waals surface area contributed by atoms with Crippen LogP contribution in [0.25, 0.3) is 0 Å². The molecule has 2 aromatic carbocycles. The van der Waals surface area contributed by atoms with Crippen LogP contribution in [0.2, 0.25) is 5.02 Å². The molecule has 2 N–H and O–H groups in total. The molecule has 1 amide bonds. The molecular formula is C23H25ClN2O2. The summed E-state index contributed by atoms with van der Waals surface area (Å²) >= 11 is 5.99. The lowest BCUT2D eigenvalue weighted by atomic mass is 9.82. The molecule has 0 aromatic heterocycles. The van der Waals surface area contributed by atoms with Gasteiger partial charge in [0.1, 0.15) is 5.60 Å². The summed E-state index contributed by atoms with van der Waals surface area (Å²) < 4.78 is 0. The zero-order valence-electron chi connectivity index (χ0n) is 16.2. The molecule has 0 bridgehead atoms. The van der Waals surface area contributed by atoms with Gasteiger partial charge in [-0.15, -0.1) is 0 Å². The lowest BCUT2D eigenvalue weighted by Gasteiger charge is -2.33. The second kappa shape index (κ2) is 8.68. The highest BCUT2D eigenvalue weighted by molar-refractivity contribution is 6.30. The van der Waals surface area contributed by atoms with Crippen LogP contribution in [0.3, 0.4) is 0 Å². The molecule has 0 aliphatic heterocycles. The predicted octanol–water partition coefficient (Wildman–Crippen LogP) is 3.86. The van der Waals surface area contributed by atoms with Crippen molar-refractivity contribution in [1.29, 1.82) is 0 Å². The lowest BCUT2D eigenvalue weighted by Crippen LogP contribution is -2.45. The SMILES string of the molecule is CN(C)c1ccc(C(=O)N[C@H]2CCC[C@@](O)(C#Cc3cccc(Cl)c3)C2)cc1. The minimum Gasteiger partial charge on any atom is -0.378 e. The van der Waals surface area contributed by atoms with Crippen LogP contribution in [0.15, 0.2) is 48.5 Å². The maximum atomic E-state index is 12.6. The van der Waals surface area contributed by atoms with Crippen molar-refractivity contribution in [1.82, 2.24) is 5.32 Å². The first-order valence-corrected chi connectivity index (χ1v) is 9.82. The molecule has 28 heavy (non-hydrogen) atoms. The van der Waals surface area contributed by atoms with E-state index in [0.717, 1.165) is 24.1 Å². The van der Waals surface area contributed by atoms with Crippen molar-refractivity contribution in [3.63, 3.8) is 0 Å². The number of carbonyl (C=O) groups is 1. The van der Waals surface area contributed by atoms with Crippen molar-refractivity contribution in [2.24, 2.45) is 0 Å². The van der Waals surface area contributed by atoms with Crippen LogP contribution in [0.1, 0.15) is 41.6 Å². The second-order valence-electron chi connectivity index (χ2n) is 7.50. The Labute approximate surface area is 171 Å². The van der Waals surface area contributed by atoms with E-state index in [9.17, 15) is 9.90 Å². The lowest BCUT2D eigenvalue weighted by molar-refractivity contribution is 0.0452. The molecule has 4 nitrogen and oxygen atoms in total. The number of nitrogens with one attached hydrogen (secondary N) is 1. The third-order valence-corrected chi connectivity index (χ3v) is 5.21. The van der Waals surface area contributed by atoms with Crippen LogP contribution in [-0.4, -0.2) is 36.8 Å². The third-order valence-electron chi connectivity index (χ3n) is 4.97. The highest BCUT2D eigenvalue weighted by atomic mass is 35.5. The van der Waals surface area contributed by atoms with Gasteiger partial charge in [-0.05, 0) is 61.7 Å². The van der Waals surface area contributed by atoms with Crippen molar-refractivity contribution in [3.05, 3.63) is 64.7 Å². The summed E-state index contributed by atoms with van der Waals surface area (Å²) in [6, 6.07) is 14.6. The fourth-order valence-electron chi connectivity index (χ4n) is 3.42. The van der Waals surface area contributed by atoms with E-state index in [1.54, 1.807) is 12.1 Å². The summed E-state index contributed by atoms with van der Waals surface area (Å²) in [6.45, 7) is 0. The van der Waals surface area contributed by atoms with Crippen molar-refractivity contribution < 1.29 is 9.90 Å². The molecule has 0 saturated heterocycles. The number of hydrogen-bond acceptors (Lipinski definition) is 3. The van der Waals surface area contributed by atoms with Crippen LogP contribution in [-0.2, 0) is 0 Å². The van der Waals surface area contributed by atoms with E-state index in [1.165, 1.54) is 0 Å². The Morgan fingerprint density at radius 3 is 2.68 bits per heavy atom. The number of nitrogens with zero attached hydrogens (tertiary/aromatic N) is 1. The van der Waals surface area contributed by atoms with E-state index in [0.29, 0.717) is 23.4 Å². The van der Waals surface area contributed by atoms with Gasteiger partial charge in [-0.25, -0.2) is 0 Å². The normalized spacial score (nSPS) is 21.4. The number of rotatable bonds is 3. The number of benzene rings is 2. The molecule has 1 saturated carbocycles. The maximum Gasteiger partial charge on any atom is 0.251 e. The van der Waals surface area contributed by atoms with Crippen molar-refractivity contribution in [2.45, 2.75) is 37.3 Å². The summed E-state index contributed by atoms with van der Waals surface area (Å²) in [5, 5.41) is 14.6. The molecule has 1 fully saturated rings. The van der Waals surface area contributed by atoms with E-state index in [4.69, 9.17) is 11.6 Å². The molecule has 1 aliphatic rings. The topological polar surface area (TPSA) is 52.6 Å². The van der Waals surface area contributed by atoms with Crippen LogP contribution < -0.4 is 10.2 Å². The Morgan fingerprint density at radius 2 is 2.00 bits per heavy atom.